The molecule has 4 atom stereocenters. The second-order valence-corrected chi connectivity index (χ2v) is 8.27. The van der Waals surface area contributed by atoms with Crippen molar-refractivity contribution < 1.29 is 29.4 Å². The van der Waals surface area contributed by atoms with Crippen LogP contribution in [0.4, 0.5) is 0 Å². The van der Waals surface area contributed by atoms with Crippen LogP contribution in [0.3, 0.4) is 0 Å². The van der Waals surface area contributed by atoms with Crippen molar-refractivity contribution in [2.75, 3.05) is 19.7 Å². The van der Waals surface area contributed by atoms with Crippen LogP contribution in [0, 0.1) is 5.92 Å². The molecule has 4 unspecified atom stereocenters. The Labute approximate surface area is 182 Å². The molecule has 1 heterocycles. The minimum absolute atomic E-state index is 0.0291. The molecule has 178 valence electrons. The molecule has 11 nitrogen and oxygen atoms in total. The van der Waals surface area contributed by atoms with Gasteiger partial charge < -0.3 is 37.2 Å². The molecular weight excluding hydrogens is 406 g/mol. The Morgan fingerprint density at radius 2 is 1.68 bits per heavy atom. The van der Waals surface area contributed by atoms with Crippen molar-refractivity contribution in [3.63, 3.8) is 0 Å². The first-order valence-electron chi connectivity index (χ1n) is 10.9. The fraction of sp³-hybridized carbons (Fsp3) is 0.800. The summed E-state index contributed by atoms with van der Waals surface area (Å²) in [7, 11) is 0. The molecule has 0 aromatic carbocycles. The zero-order valence-electron chi connectivity index (χ0n) is 18.4. The lowest BCUT2D eigenvalue weighted by atomic mass is 10.0. The first-order valence-corrected chi connectivity index (χ1v) is 10.9. The largest absolute Gasteiger partial charge is 0.480 e. The highest BCUT2D eigenvalue weighted by molar-refractivity contribution is 5.94. The molecule has 0 bridgehead atoms. The van der Waals surface area contributed by atoms with Crippen LogP contribution in [0.5, 0.6) is 0 Å². The monoisotopic (exact) mass is 443 g/mol. The Balaban J connectivity index is 2.76. The molecule has 1 aliphatic rings. The van der Waals surface area contributed by atoms with Crippen LogP contribution >= 0.6 is 0 Å². The van der Waals surface area contributed by atoms with Gasteiger partial charge in [-0.2, -0.15) is 0 Å². The minimum atomic E-state index is -1.21. The Morgan fingerprint density at radius 1 is 1.03 bits per heavy atom. The van der Waals surface area contributed by atoms with Gasteiger partial charge in [0.25, 0.3) is 0 Å². The summed E-state index contributed by atoms with van der Waals surface area (Å²) in [6.07, 6.45) is 3.17. The minimum Gasteiger partial charge on any atom is -0.480 e. The van der Waals surface area contributed by atoms with Gasteiger partial charge in [0, 0.05) is 0 Å². The van der Waals surface area contributed by atoms with Gasteiger partial charge in [-0.15, -0.1) is 0 Å². The Kier molecular flexibility index (Phi) is 12.1. The standard InChI is InChI=1S/C20H37N5O6/c1-12(2)10-15(18(28)23-14(20(30)31)6-3-4-8-21)24-19(29)16(11-26)25-17(27)13-7-5-9-22-13/h12-16,22,26H,3-11,21H2,1-2H3,(H,23,28)(H,24,29)(H,25,27)(H,30,31). The number of carbonyl (C=O) groups is 4. The van der Waals surface area contributed by atoms with Crippen LogP contribution in [-0.2, 0) is 19.2 Å². The molecule has 1 saturated heterocycles. The van der Waals surface area contributed by atoms with Gasteiger partial charge in [-0.1, -0.05) is 13.8 Å². The predicted molar refractivity (Wildman–Crippen MR) is 114 cm³/mol. The highest BCUT2D eigenvalue weighted by atomic mass is 16.4. The van der Waals surface area contributed by atoms with Gasteiger partial charge in [0.1, 0.15) is 18.1 Å². The summed E-state index contributed by atoms with van der Waals surface area (Å²) in [6, 6.07) is -3.72. The molecule has 0 aromatic rings. The van der Waals surface area contributed by atoms with E-state index < -0.39 is 48.6 Å². The van der Waals surface area contributed by atoms with Gasteiger partial charge in [-0.3, -0.25) is 14.4 Å². The summed E-state index contributed by atoms with van der Waals surface area (Å²) in [4.78, 5) is 49.1. The Morgan fingerprint density at radius 3 is 2.19 bits per heavy atom. The third-order valence-electron chi connectivity index (χ3n) is 5.09. The third kappa shape index (κ3) is 9.62. The number of carboxylic acids is 1. The number of aliphatic hydroxyl groups excluding tert-OH is 1. The fourth-order valence-corrected chi connectivity index (χ4v) is 3.37. The highest BCUT2D eigenvalue weighted by Gasteiger charge is 2.31. The van der Waals surface area contributed by atoms with Gasteiger partial charge >= 0.3 is 5.97 Å². The third-order valence-corrected chi connectivity index (χ3v) is 5.09. The van der Waals surface area contributed by atoms with E-state index in [1.54, 1.807) is 0 Å². The molecule has 0 aromatic heterocycles. The van der Waals surface area contributed by atoms with E-state index in [0.29, 0.717) is 32.4 Å². The van der Waals surface area contributed by atoms with Crippen LogP contribution in [-0.4, -0.2) is 77.8 Å². The van der Waals surface area contributed by atoms with Crippen molar-refractivity contribution in [1.29, 1.82) is 0 Å². The zero-order chi connectivity index (χ0) is 23.4. The van der Waals surface area contributed by atoms with Crippen molar-refractivity contribution >= 4 is 23.7 Å². The second kappa shape index (κ2) is 13.9. The molecule has 3 amide bonds. The average molecular weight is 444 g/mol. The lowest BCUT2D eigenvalue weighted by Crippen LogP contribution is -2.58. The summed E-state index contributed by atoms with van der Waals surface area (Å²) in [6.45, 7) is 4.23. The molecule has 1 aliphatic heterocycles. The molecular formula is C20H37N5O6. The van der Waals surface area contributed by atoms with Crippen molar-refractivity contribution in [2.24, 2.45) is 11.7 Å². The zero-order valence-corrected chi connectivity index (χ0v) is 18.4. The number of hydrogen-bond donors (Lipinski definition) is 7. The van der Waals surface area contributed by atoms with Gasteiger partial charge in [0.2, 0.25) is 17.7 Å². The van der Waals surface area contributed by atoms with Crippen molar-refractivity contribution in [2.45, 2.75) is 76.5 Å². The highest BCUT2D eigenvalue weighted by Crippen LogP contribution is 2.09. The summed E-state index contributed by atoms with van der Waals surface area (Å²) < 4.78 is 0. The number of nitrogens with two attached hydrogens (primary N) is 1. The molecule has 1 rings (SSSR count). The summed E-state index contributed by atoms with van der Waals surface area (Å²) >= 11 is 0. The number of carbonyl (C=O) groups excluding carboxylic acids is 3. The number of aliphatic carboxylic acids is 1. The van der Waals surface area contributed by atoms with E-state index in [1.807, 2.05) is 13.8 Å². The lowest BCUT2D eigenvalue weighted by Gasteiger charge is -2.25. The number of carboxylic acid groups (broad SMARTS) is 1. The fourth-order valence-electron chi connectivity index (χ4n) is 3.37. The van der Waals surface area contributed by atoms with Crippen molar-refractivity contribution in [3.8, 4) is 0 Å². The summed E-state index contributed by atoms with van der Waals surface area (Å²) in [5, 5.41) is 29.5. The van der Waals surface area contributed by atoms with E-state index in [2.05, 4.69) is 21.3 Å². The number of nitrogens with one attached hydrogen (secondary N) is 4. The maximum atomic E-state index is 12.7. The van der Waals surface area contributed by atoms with Crippen molar-refractivity contribution in [1.82, 2.24) is 21.3 Å². The lowest BCUT2D eigenvalue weighted by molar-refractivity contribution is -0.142. The van der Waals surface area contributed by atoms with Gasteiger partial charge in [-0.05, 0) is 57.5 Å². The normalized spacial score (nSPS) is 18.8. The van der Waals surface area contributed by atoms with E-state index in [1.165, 1.54) is 0 Å². The Bertz CT molecular complexity index is 609. The van der Waals surface area contributed by atoms with Crippen LogP contribution in [0.1, 0.15) is 52.4 Å². The molecule has 31 heavy (non-hydrogen) atoms. The SMILES string of the molecule is CC(C)CC(NC(=O)C(CO)NC(=O)C1CCCN1)C(=O)NC(CCCCN)C(=O)O. The molecule has 0 spiro atoms. The molecule has 0 saturated carbocycles. The van der Waals surface area contributed by atoms with Crippen LogP contribution in [0.2, 0.25) is 0 Å². The van der Waals surface area contributed by atoms with E-state index in [4.69, 9.17) is 5.73 Å². The van der Waals surface area contributed by atoms with Gasteiger partial charge in [0.05, 0.1) is 12.6 Å². The van der Waals surface area contributed by atoms with E-state index >= 15 is 0 Å². The first kappa shape index (κ1) is 26.8. The summed E-state index contributed by atoms with van der Waals surface area (Å²) in [5.41, 5.74) is 5.43. The molecule has 11 heteroatoms. The second-order valence-electron chi connectivity index (χ2n) is 8.27. The Hall–Kier alpha value is -2.24. The number of hydrogen-bond acceptors (Lipinski definition) is 7. The maximum absolute atomic E-state index is 12.7. The smallest absolute Gasteiger partial charge is 0.326 e. The van der Waals surface area contributed by atoms with E-state index in [-0.39, 0.29) is 24.7 Å². The number of unbranched alkanes of at least 4 members (excludes halogenated alkanes) is 1. The first-order chi connectivity index (χ1) is 14.7. The van der Waals surface area contributed by atoms with Gasteiger partial charge in [0.15, 0.2) is 0 Å². The topological polar surface area (TPSA) is 183 Å². The maximum Gasteiger partial charge on any atom is 0.326 e. The van der Waals surface area contributed by atoms with Crippen LogP contribution < -0.4 is 27.0 Å². The van der Waals surface area contributed by atoms with E-state index in [0.717, 1.165) is 6.42 Å². The van der Waals surface area contributed by atoms with Crippen molar-refractivity contribution in [3.05, 3.63) is 0 Å². The van der Waals surface area contributed by atoms with Gasteiger partial charge in [-0.25, -0.2) is 4.79 Å². The quantitative estimate of drug-likeness (QED) is 0.157. The number of aliphatic hydroxyl groups is 1. The number of rotatable bonds is 14. The molecule has 0 radical (unpaired) electrons. The predicted octanol–water partition coefficient (Wildman–Crippen LogP) is -1.56. The number of amides is 3. The molecule has 8 N–H and O–H groups in total. The van der Waals surface area contributed by atoms with E-state index in [9.17, 15) is 29.4 Å². The van der Waals surface area contributed by atoms with Crippen LogP contribution in [0.15, 0.2) is 0 Å². The molecule has 1 fully saturated rings. The summed E-state index contributed by atoms with van der Waals surface area (Å²) in [5.74, 6) is -2.85. The molecule has 0 aliphatic carbocycles. The van der Waals surface area contributed by atoms with Crippen LogP contribution in [0.25, 0.3) is 0 Å². The average Bonchev–Trinajstić information content (AvgIpc) is 3.25.